The number of likely N-dealkylation sites (tertiary alicyclic amines) is 1. The first kappa shape index (κ1) is 85.3. The molecular weight excluding hydrogens is 1330 g/mol. The van der Waals surface area contributed by atoms with Crippen LogP contribution in [0.4, 0.5) is 20.1 Å². The molecular formula is C70H110N12O18S. The first-order valence-electron chi connectivity index (χ1n) is 34.8. The molecule has 0 spiro atoms. The Morgan fingerprint density at radius 1 is 0.693 bits per heavy atom. The second kappa shape index (κ2) is 47.9. The van der Waals surface area contributed by atoms with Crippen molar-refractivity contribution in [3.63, 3.8) is 0 Å². The third kappa shape index (κ3) is 31.4. The fourth-order valence-electron chi connectivity index (χ4n) is 11.5. The second-order valence-electron chi connectivity index (χ2n) is 25.0. The summed E-state index contributed by atoms with van der Waals surface area (Å²) in [6.07, 6.45) is 3.66. The van der Waals surface area contributed by atoms with Gasteiger partial charge in [-0.15, -0.1) is 11.3 Å². The van der Waals surface area contributed by atoms with Gasteiger partial charge in [0.25, 0.3) is 0 Å². The van der Waals surface area contributed by atoms with Crippen molar-refractivity contribution in [1.29, 1.82) is 0 Å². The van der Waals surface area contributed by atoms with Gasteiger partial charge in [0.1, 0.15) is 30.3 Å². The van der Waals surface area contributed by atoms with E-state index in [1.807, 2.05) is 63.4 Å². The van der Waals surface area contributed by atoms with Gasteiger partial charge in [-0.3, -0.25) is 38.5 Å². The molecule has 1 fully saturated rings. The summed E-state index contributed by atoms with van der Waals surface area (Å²) in [5, 5.41) is 21.6. The molecule has 1 aromatic heterocycles. The molecule has 11 amide bonds. The van der Waals surface area contributed by atoms with Crippen LogP contribution in [-0.2, 0) is 84.5 Å². The third-order valence-electron chi connectivity index (χ3n) is 17.2. The van der Waals surface area contributed by atoms with Crippen molar-refractivity contribution in [1.82, 2.24) is 51.6 Å². The molecule has 30 nitrogen and oxygen atoms in total. The van der Waals surface area contributed by atoms with Crippen LogP contribution in [0.2, 0.25) is 0 Å². The zero-order chi connectivity index (χ0) is 74.1. The Kier molecular flexibility index (Phi) is 40.5. The summed E-state index contributed by atoms with van der Waals surface area (Å²) in [6, 6.07) is 12.0. The minimum atomic E-state index is -1.09. The van der Waals surface area contributed by atoms with Crippen molar-refractivity contribution in [2.24, 2.45) is 23.5 Å². The standard InChI is InChI=1S/C70H110N12O18S/c1-11-13-28-74-69(91)99-40-39-98-38-37-97-36-35-96-34-33-95-32-27-57(83)75-44-58(84)78-53(21-17-29-73-68(71)90)65(88)77-52-25-23-51(24-26-52)46-100-70(92)81(8)61(47(3)4)66(89)76-45-60(86)80(7)62(48(5)12-2)56(93-9)43-59(85)82-31-18-22-55(82)63(94-10)49(6)64(87)79-54(67-72-30-41-101-67)42-50-19-15-14-16-20-50/h14-16,19-20,23-26,30,41,47-49,53-56,61-63H,11-13,17-18,21-22,27-29,31-40,42-46H2,1-10H3,(H,74,91)(H,75,83)(H,76,89)(H,77,88)(H,78,84)(H,79,87)(H3,71,73,90)/t48-,49+,53-,54-,55?,56+,61-,62?,63+/m0/s1. The number of nitrogens with one attached hydrogen (secondary N) is 7. The summed E-state index contributed by atoms with van der Waals surface area (Å²) in [6.45, 7) is 13.6. The zero-order valence-electron chi connectivity index (χ0n) is 60.4. The second-order valence-corrected chi connectivity index (χ2v) is 25.9. The van der Waals surface area contributed by atoms with E-state index in [4.69, 9.17) is 43.6 Å². The molecule has 9 atom stereocenters. The molecule has 0 bridgehead atoms. The van der Waals surface area contributed by atoms with Gasteiger partial charge in [0.05, 0.1) is 109 Å². The van der Waals surface area contributed by atoms with Crippen LogP contribution in [0.15, 0.2) is 66.2 Å². The van der Waals surface area contributed by atoms with Gasteiger partial charge in [-0.25, -0.2) is 19.4 Å². The number of carbonyl (C=O) groups is 10. The summed E-state index contributed by atoms with van der Waals surface area (Å²) < 4.78 is 44.5. The van der Waals surface area contributed by atoms with Gasteiger partial charge in [-0.2, -0.15) is 0 Å². The van der Waals surface area contributed by atoms with E-state index in [1.165, 1.54) is 30.4 Å². The van der Waals surface area contributed by atoms with Crippen LogP contribution >= 0.6 is 11.3 Å². The molecule has 564 valence electrons. The van der Waals surface area contributed by atoms with Crippen molar-refractivity contribution in [2.75, 3.05) is 126 Å². The zero-order valence-corrected chi connectivity index (χ0v) is 61.2. The van der Waals surface area contributed by atoms with E-state index in [0.717, 1.165) is 28.3 Å². The monoisotopic (exact) mass is 1440 g/mol. The molecule has 101 heavy (non-hydrogen) atoms. The van der Waals surface area contributed by atoms with Gasteiger partial charge in [0, 0.05) is 71.6 Å². The van der Waals surface area contributed by atoms with Crippen LogP contribution in [0.3, 0.4) is 0 Å². The molecule has 2 unspecified atom stereocenters. The van der Waals surface area contributed by atoms with E-state index in [0.29, 0.717) is 76.5 Å². The first-order chi connectivity index (χ1) is 48.5. The Hall–Kier alpha value is -8.07. The van der Waals surface area contributed by atoms with Crippen molar-refractivity contribution < 1.29 is 85.8 Å². The van der Waals surface area contributed by atoms with Crippen LogP contribution < -0.4 is 43.0 Å². The average Bonchev–Trinajstić information content (AvgIpc) is 1.73. The predicted octanol–water partition coefficient (Wildman–Crippen LogP) is 4.84. The molecule has 1 aliphatic rings. The smallest absolute Gasteiger partial charge is 0.410 e. The van der Waals surface area contributed by atoms with Gasteiger partial charge in [0.2, 0.25) is 41.4 Å². The number of aromatic nitrogens is 1. The molecule has 3 aromatic rings. The molecule has 1 aliphatic heterocycles. The highest BCUT2D eigenvalue weighted by atomic mass is 32.1. The van der Waals surface area contributed by atoms with Gasteiger partial charge in [-0.05, 0) is 73.6 Å². The van der Waals surface area contributed by atoms with Crippen molar-refractivity contribution in [3.8, 4) is 0 Å². The van der Waals surface area contributed by atoms with E-state index in [9.17, 15) is 47.9 Å². The normalized spacial score (nSPS) is 15.1. The van der Waals surface area contributed by atoms with E-state index in [-0.39, 0.29) is 95.6 Å². The van der Waals surface area contributed by atoms with Gasteiger partial charge in [0.15, 0.2) is 0 Å². The predicted molar refractivity (Wildman–Crippen MR) is 378 cm³/mol. The summed E-state index contributed by atoms with van der Waals surface area (Å²) in [7, 11) is 6.08. The molecule has 0 saturated carbocycles. The lowest BCUT2D eigenvalue weighted by Crippen LogP contribution is -2.55. The minimum Gasteiger partial charge on any atom is -0.447 e. The molecule has 2 heterocycles. The number of rotatable bonds is 49. The number of nitrogens with two attached hydrogens (primary N) is 1. The highest BCUT2D eigenvalue weighted by Crippen LogP contribution is 2.31. The number of hydrogen-bond donors (Lipinski definition) is 8. The van der Waals surface area contributed by atoms with E-state index < -0.39 is 109 Å². The van der Waals surface area contributed by atoms with Crippen molar-refractivity contribution >= 4 is 76.6 Å². The Morgan fingerprint density at radius 3 is 1.95 bits per heavy atom. The number of alkyl carbamates (subject to hydrolysis) is 1. The average molecular weight is 1440 g/mol. The van der Waals surface area contributed by atoms with Gasteiger partial charge in [-0.1, -0.05) is 96.8 Å². The number of amides is 11. The van der Waals surface area contributed by atoms with Crippen LogP contribution in [-0.4, -0.2) is 236 Å². The first-order valence-corrected chi connectivity index (χ1v) is 35.6. The lowest BCUT2D eigenvalue weighted by atomic mass is 9.90. The number of hydrogen-bond acceptors (Lipinski definition) is 20. The Morgan fingerprint density at radius 2 is 1.35 bits per heavy atom. The number of urea groups is 1. The number of benzene rings is 2. The van der Waals surface area contributed by atoms with Crippen molar-refractivity contribution in [3.05, 3.63) is 82.3 Å². The molecule has 4 rings (SSSR count). The quantitative estimate of drug-likeness (QED) is 0.0350. The number of nitrogens with zero attached hydrogens (tertiary/aromatic N) is 4. The molecule has 31 heteroatoms. The van der Waals surface area contributed by atoms with Crippen LogP contribution in [0.1, 0.15) is 122 Å². The minimum absolute atomic E-state index is 0.0421. The summed E-state index contributed by atoms with van der Waals surface area (Å²) in [4.78, 5) is 141. The van der Waals surface area contributed by atoms with Crippen LogP contribution in [0.25, 0.3) is 0 Å². The number of likely N-dealkylation sites (N-methyl/N-ethyl adjacent to an activating group) is 2. The lowest BCUT2D eigenvalue weighted by molar-refractivity contribution is -0.146. The maximum Gasteiger partial charge on any atom is 0.410 e. The Labute approximate surface area is 597 Å². The molecule has 1 saturated heterocycles. The number of ether oxygens (including phenoxy) is 8. The van der Waals surface area contributed by atoms with Gasteiger partial charge < -0.3 is 90.6 Å². The number of methoxy groups -OCH3 is 2. The maximum atomic E-state index is 14.5. The van der Waals surface area contributed by atoms with Gasteiger partial charge >= 0.3 is 18.2 Å². The lowest BCUT2D eigenvalue weighted by Gasteiger charge is -2.39. The van der Waals surface area contributed by atoms with E-state index >= 15 is 0 Å². The summed E-state index contributed by atoms with van der Waals surface area (Å²) >= 11 is 1.47. The number of unbranched alkanes of at least 4 members (excludes halogenated alkanes) is 1. The SMILES string of the molecule is CCCCNC(=O)OCCOCCOCCOCCOCCC(=O)NCC(=O)N[C@@H](CCCNC(N)=O)C(=O)Nc1ccc(COC(=O)N(C)[C@H](C(=O)NCC(=O)N(C)C([C@@H](C)CC)[C@@H](CC(=O)N2CCCC2[C@H](OC)[C@@H](C)C(=O)N[C@@H](Cc2ccccc2)c2nccs2)OC)C(C)C)cc1. The Balaban J connectivity index is 1.22. The van der Waals surface area contributed by atoms with Crippen molar-refractivity contribution in [2.45, 2.75) is 155 Å². The summed E-state index contributed by atoms with van der Waals surface area (Å²) in [5.74, 6) is -4.38. The third-order valence-corrected chi connectivity index (χ3v) is 18.1. The van der Waals surface area contributed by atoms with Crippen LogP contribution in [0.5, 0.6) is 0 Å². The molecule has 0 aliphatic carbocycles. The number of thiazole rings is 1. The molecule has 0 radical (unpaired) electrons. The number of anilines is 1. The fraction of sp³-hybridized carbons (Fsp3) is 0.643. The number of carbonyl (C=O) groups excluding carboxylic acids is 10. The summed E-state index contributed by atoms with van der Waals surface area (Å²) in [5.41, 5.74) is 7.12. The number of primary amides is 1. The largest absolute Gasteiger partial charge is 0.447 e. The molecule has 9 N–H and O–H groups in total. The Bertz CT molecular complexity index is 2970. The van der Waals surface area contributed by atoms with Crippen LogP contribution in [0, 0.1) is 17.8 Å². The highest BCUT2D eigenvalue weighted by molar-refractivity contribution is 7.09. The van der Waals surface area contributed by atoms with E-state index in [1.54, 1.807) is 63.4 Å². The molecule has 2 aromatic carbocycles. The maximum absolute atomic E-state index is 14.5. The fourth-order valence-corrected chi connectivity index (χ4v) is 12.2. The van der Waals surface area contributed by atoms with E-state index in [2.05, 4.69) is 42.2 Å². The topological polar surface area (TPSA) is 377 Å². The highest BCUT2D eigenvalue weighted by Gasteiger charge is 2.43.